The maximum atomic E-state index is 11.5. The number of nitrogens with one attached hydrogen (secondary N) is 1. The van der Waals surface area contributed by atoms with E-state index in [1.807, 2.05) is 52.0 Å². The minimum atomic E-state index is -0.641. The first-order chi connectivity index (χ1) is 10.7. The molecule has 0 bridgehead atoms. The molecule has 1 aromatic carbocycles. The van der Waals surface area contributed by atoms with E-state index in [0.29, 0.717) is 11.3 Å². The molecule has 7 nitrogen and oxygen atoms in total. The maximum absolute atomic E-state index is 11.5. The van der Waals surface area contributed by atoms with Crippen LogP contribution in [0.1, 0.15) is 38.2 Å². The Morgan fingerprint density at radius 3 is 2.35 bits per heavy atom. The van der Waals surface area contributed by atoms with E-state index in [4.69, 9.17) is 15.0 Å². The van der Waals surface area contributed by atoms with Crippen LogP contribution in [0, 0.1) is 0 Å². The van der Waals surface area contributed by atoms with Crippen LogP contribution in [0.5, 0.6) is 0 Å². The normalized spacial score (nSPS) is 19.0. The number of hydrogen-bond donors (Lipinski definition) is 2. The molecule has 0 saturated carbocycles. The molecule has 1 aliphatic rings. The summed E-state index contributed by atoms with van der Waals surface area (Å²) in [6.45, 7) is 7.95. The zero-order chi connectivity index (χ0) is 16.8. The molecule has 2 aromatic rings. The molecular weight excluding hydrogens is 295 g/mol. The first-order valence-electron chi connectivity index (χ1n) is 7.38. The fourth-order valence-corrected chi connectivity index (χ4v) is 2.48. The van der Waals surface area contributed by atoms with Gasteiger partial charge in [-0.2, -0.15) is 15.4 Å². The number of hydrogen-bond acceptors (Lipinski definition) is 5. The van der Waals surface area contributed by atoms with E-state index in [1.54, 1.807) is 0 Å². The summed E-state index contributed by atoms with van der Waals surface area (Å²) < 4.78 is 12.2. The summed E-state index contributed by atoms with van der Waals surface area (Å²) >= 11 is 0. The van der Waals surface area contributed by atoms with Gasteiger partial charge in [0.25, 0.3) is 5.91 Å². The van der Waals surface area contributed by atoms with Crippen LogP contribution >= 0.6 is 0 Å². The van der Waals surface area contributed by atoms with Gasteiger partial charge >= 0.3 is 7.12 Å². The van der Waals surface area contributed by atoms with Crippen LogP contribution in [-0.4, -0.2) is 39.6 Å². The number of amides is 1. The van der Waals surface area contributed by atoms with Gasteiger partial charge in [-0.15, -0.1) is 0 Å². The summed E-state index contributed by atoms with van der Waals surface area (Å²) in [6, 6.07) is 7.46. The minimum Gasteiger partial charge on any atom is -0.399 e. The Balaban J connectivity index is 2.07. The number of benzene rings is 1. The number of rotatable bonds is 3. The molecule has 2 heterocycles. The molecular formula is C15H19BN4O3. The Morgan fingerprint density at radius 2 is 1.74 bits per heavy atom. The molecule has 8 heteroatoms. The summed E-state index contributed by atoms with van der Waals surface area (Å²) in [4.78, 5) is 11.5. The van der Waals surface area contributed by atoms with Gasteiger partial charge in [0.2, 0.25) is 0 Å². The zero-order valence-corrected chi connectivity index (χ0v) is 13.6. The number of primary amides is 1. The van der Waals surface area contributed by atoms with Crippen LogP contribution in [0.4, 0.5) is 0 Å². The van der Waals surface area contributed by atoms with Crippen molar-refractivity contribution in [3.8, 4) is 11.3 Å². The lowest BCUT2D eigenvalue weighted by Crippen LogP contribution is -2.41. The van der Waals surface area contributed by atoms with E-state index in [2.05, 4.69) is 15.4 Å². The first-order valence-corrected chi connectivity index (χ1v) is 7.38. The van der Waals surface area contributed by atoms with Crippen molar-refractivity contribution < 1.29 is 14.1 Å². The molecule has 0 unspecified atom stereocenters. The largest absolute Gasteiger partial charge is 0.495 e. The van der Waals surface area contributed by atoms with Gasteiger partial charge in [-0.3, -0.25) is 4.79 Å². The lowest BCUT2D eigenvalue weighted by molar-refractivity contribution is 0.00578. The Hall–Kier alpha value is -2.19. The second kappa shape index (κ2) is 5.18. The fraction of sp³-hybridized carbons (Fsp3) is 0.400. The predicted octanol–water partition coefficient (Wildman–Crippen LogP) is 0.870. The van der Waals surface area contributed by atoms with E-state index in [9.17, 15) is 4.79 Å². The summed E-state index contributed by atoms with van der Waals surface area (Å²) in [7, 11) is -0.561. The van der Waals surface area contributed by atoms with Crippen molar-refractivity contribution in [3.63, 3.8) is 0 Å². The molecule has 3 rings (SSSR count). The number of nitrogens with zero attached hydrogens (tertiary/aromatic N) is 2. The van der Waals surface area contributed by atoms with Crippen molar-refractivity contribution in [2.75, 3.05) is 0 Å². The highest BCUT2D eigenvalue weighted by molar-refractivity contribution is 6.63. The number of carbonyl (C=O) groups excluding carboxylic acids is 1. The highest BCUT2D eigenvalue weighted by atomic mass is 16.7. The van der Waals surface area contributed by atoms with Crippen molar-refractivity contribution in [2.45, 2.75) is 38.9 Å². The second-order valence-electron chi connectivity index (χ2n) is 6.56. The van der Waals surface area contributed by atoms with Gasteiger partial charge in [-0.1, -0.05) is 24.3 Å². The number of carbonyl (C=O) groups is 1. The molecule has 0 spiro atoms. The molecule has 1 amide bonds. The van der Waals surface area contributed by atoms with Crippen LogP contribution in [0.25, 0.3) is 11.3 Å². The third-order valence-electron chi connectivity index (χ3n) is 4.50. The quantitative estimate of drug-likeness (QED) is 0.818. The van der Waals surface area contributed by atoms with Gasteiger partial charge in [0.15, 0.2) is 5.69 Å². The summed E-state index contributed by atoms with van der Waals surface area (Å²) in [6.07, 6.45) is 0. The van der Waals surface area contributed by atoms with Gasteiger partial charge in [0.1, 0.15) is 5.69 Å². The molecule has 3 N–H and O–H groups in total. The van der Waals surface area contributed by atoms with Crippen LogP contribution < -0.4 is 11.2 Å². The third kappa shape index (κ3) is 2.53. The van der Waals surface area contributed by atoms with Crippen molar-refractivity contribution in [1.29, 1.82) is 0 Å². The standard InChI is InChI=1S/C15H19BN4O3/c1-14(2)15(3,4)23-16(22-14)10-8-6-5-7-9(10)11-12(13(17)21)19-20-18-11/h5-8H,1-4H3,(H2,17,21)(H,18,19,20). The molecule has 1 saturated heterocycles. The summed E-state index contributed by atoms with van der Waals surface area (Å²) in [5.41, 5.74) is 6.41. The smallest absolute Gasteiger partial charge is 0.399 e. The Labute approximate surface area is 134 Å². The van der Waals surface area contributed by atoms with Crippen molar-refractivity contribution in [3.05, 3.63) is 30.0 Å². The van der Waals surface area contributed by atoms with E-state index < -0.39 is 24.2 Å². The molecule has 0 aliphatic carbocycles. The average molecular weight is 314 g/mol. The van der Waals surface area contributed by atoms with Crippen molar-refractivity contribution >= 4 is 18.5 Å². The molecule has 0 radical (unpaired) electrons. The summed E-state index contributed by atoms with van der Waals surface area (Å²) in [5.74, 6) is -0.641. The monoisotopic (exact) mass is 314 g/mol. The van der Waals surface area contributed by atoms with Gasteiger partial charge in [-0.25, -0.2) is 0 Å². The number of H-pyrrole nitrogens is 1. The number of nitrogens with two attached hydrogens (primary N) is 1. The van der Waals surface area contributed by atoms with Gasteiger partial charge in [-0.05, 0) is 33.2 Å². The van der Waals surface area contributed by atoms with E-state index in [1.165, 1.54) is 0 Å². The molecule has 120 valence electrons. The second-order valence-corrected chi connectivity index (χ2v) is 6.56. The fourth-order valence-electron chi connectivity index (χ4n) is 2.48. The minimum absolute atomic E-state index is 0.0916. The third-order valence-corrected chi connectivity index (χ3v) is 4.50. The van der Waals surface area contributed by atoms with Crippen LogP contribution in [0.3, 0.4) is 0 Å². The molecule has 1 aromatic heterocycles. The molecule has 1 fully saturated rings. The highest BCUT2D eigenvalue weighted by Crippen LogP contribution is 2.37. The number of aromatic nitrogens is 3. The van der Waals surface area contributed by atoms with Crippen LogP contribution in [0.15, 0.2) is 24.3 Å². The topological polar surface area (TPSA) is 103 Å². The number of aromatic amines is 1. The maximum Gasteiger partial charge on any atom is 0.495 e. The molecule has 23 heavy (non-hydrogen) atoms. The molecule has 0 atom stereocenters. The van der Waals surface area contributed by atoms with Gasteiger partial charge in [0, 0.05) is 5.56 Å². The van der Waals surface area contributed by atoms with Crippen LogP contribution in [-0.2, 0) is 9.31 Å². The van der Waals surface area contributed by atoms with Crippen molar-refractivity contribution in [2.24, 2.45) is 5.73 Å². The highest BCUT2D eigenvalue weighted by Gasteiger charge is 2.52. The average Bonchev–Trinajstić information content (AvgIpc) is 3.02. The lowest BCUT2D eigenvalue weighted by atomic mass is 9.75. The van der Waals surface area contributed by atoms with Crippen LogP contribution in [0.2, 0.25) is 0 Å². The van der Waals surface area contributed by atoms with E-state index >= 15 is 0 Å². The predicted molar refractivity (Wildman–Crippen MR) is 86.1 cm³/mol. The van der Waals surface area contributed by atoms with Crippen molar-refractivity contribution in [1.82, 2.24) is 15.4 Å². The lowest BCUT2D eigenvalue weighted by Gasteiger charge is -2.32. The van der Waals surface area contributed by atoms with E-state index in [0.717, 1.165) is 5.46 Å². The summed E-state index contributed by atoms with van der Waals surface area (Å²) in [5, 5.41) is 10.3. The Bertz CT molecular complexity index is 741. The molecule has 1 aliphatic heterocycles. The Kier molecular flexibility index (Phi) is 3.53. The zero-order valence-electron chi connectivity index (χ0n) is 13.6. The Morgan fingerprint density at radius 1 is 1.13 bits per heavy atom. The van der Waals surface area contributed by atoms with Gasteiger partial charge in [0.05, 0.1) is 11.2 Å². The van der Waals surface area contributed by atoms with E-state index in [-0.39, 0.29) is 5.69 Å². The first kappa shape index (κ1) is 15.7. The SMILES string of the molecule is CC1(C)OB(c2ccccc2-c2n[nH]nc2C(N)=O)OC1(C)C. The van der Waals surface area contributed by atoms with Gasteiger partial charge < -0.3 is 15.0 Å².